The highest BCUT2D eigenvalue weighted by Gasteiger charge is 2.30. The molecule has 0 N–H and O–H groups in total. The zero-order valence-corrected chi connectivity index (χ0v) is 8.04. The predicted molar refractivity (Wildman–Crippen MR) is 49.4 cm³/mol. The molecule has 0 radical (unpaired) electrons. The molecule has 1 heterocycles. The quantitative estimate of drug-likeness (QED) is 0.656. The predicted octanol–water partition coefficient (Wildman–Crippen LogP) is 3.62. The molecule has 0 bridgehead atoms. The van der Waals surface area contributed by atoms with E-state index in [0.29, 0.717) is 10.2 Å². The molecular weight excluding hydrogens is 211 g/mol. The number of aryl methyl sites for hydroxylation is 1. The van der Waals surface area contributed by atoms with E-state index in [9.17, 15) is 13.2 Å². The summed E-state index contributed by atoms with van der Waals surface area (Å²) < 4.78 is 37.5. The van der Waals surface area contributed by atoms with E-state index in [-0.39, 0.29) is 0 Å². The molecule has 1 nitrogen and oxygen atoms in total. The van der Waals surface area contributed by atoms with Crippen LogP contribution in [0.5, 0.6) is 0 Å². The lowest BCUT2D eigenvalue weighted by Crippen LogP contribution is -2.03. The van der Waals surface area contributed by atoms with E-state index >= 15 is 0 Å². The molecule has 0 atom stereocenters. The third-order valence-corrected chi connectivity index (χ3v) is 2.76. The van der Waals surface area contributed by atoms with E-state index < -0.39 is 11.7 Å². The van der Waals surface area contributed by atoms with Crippen LogP contribution in [0.4, 0.5) is 13.2 Å². The van der Waals surface area contributed by atoms with E-state index in [2.05, 4.69) is 4.98 Å². The molecule has 0 fully saturated rings. The van der Waals surface area contributed by atoms with Crippen LogP contribution < -0.4 is 0 Å². The van der Waals surface area contributed by atoms with Crippen LogP contribution in [0.25, 0.3) is 10.2 Å². The SMILES string of the molecule is Cc1nc2ccc(C(F)(F)F)cc2s1. The average molecular weight is 217 g/mol. The smallest absolute Gasteiger partial charge is 0.242 e. The van der Waals surface area contributed by atoms with Crippen molar-refractivity contribution in [1.29, 1.82) is 0 Å². The molecule has 14 heavy (non-hydrogen) atoms. The zero-order valence-electron chi connectivity index (χ0n) is 7.22. The van der Waals surface area contributed by atoms with Gasteiger partial charge in [-0.1, -0.05) is 0 Å². The number of hydrogen-bond acceptors (Lipinski definition) is 2. The van der Waals surface area contributed by atoms with Gasteiger partial charge in [0.2, 0.25) is 0 Å². The largest absolute Gasteiger partial charge is 0.416 e. The first-order valence-corrected chi connectivity index (χ1v) is 4.73. The molecule has 0 saturated heterocycles. The minimum absolute atomic E-state index is 0.581. The molecule has 74 valence electrons. The van der Waals surface area contributed by atoms with E-state index in [4.69, 9.17) is 0 Å². The van der Waals surface area contributed by atoms with Gasteiger partial charge in [0.15, 0.2) is 0 Å². The minimum Gasteiger partial charge on any atom is -0.242 e. The van der Waals surface area contributed by atoms with Crippen molar-refractivity contribution >= 4 is 21.6 Å². The highest BCUT2D eigenvalue weighted by atomic mass is 32.1. The number of halogens is 3. The van der Waals surface area contributed by atoms with Gasteiger partial charge < -0.3 is 0 Å². The Bertz CT molecular complexity index is 472. The van der Waals surface area contributed by atoms with Crippen molar-refractivity contribution in [1.82, 2.24) is 4.98 Å². The molecule has 1 aromatic carbocycles. The molecule has 0 aliphatic heterocycles. The summed E-state index contributed by atoms with van der Waals surface area (Å²) in [5.74, 6) is 0. The molecule has 2 aromatic rings. The summed E-state index contributed by atoms with van der Waals surface area (Å²) in [4.78, 5) is 4.09. The standard InChI is InChI=1S/C9H6F3NS/c1-5-13-7-3-2-6(9(10,11)12)4-8(7)14-5/h2-4H,1H3. The molecule has 0 spiro atoms. The van der Waals surface area contributed by atoms with Crippen LogP contribution in [0, 0.1) is 6.92 Å². The van der Waals surface area contributed by atoms with Gasteiger partial charge in [-0.3, -0.25) is 0 Å². The molecule has 2 rings (SSSR count). The summed E-state index contributed by atoms with van der Waals surface area (Å²) >= 11 is 1.27. The van der Waals surface area contributed by atoms with Gasteiger partial charge >= 0.3 is 6.18 Å². The van der Waals surface area contributed by atoms with Crippen molar-refractivity contribution in [3.05, 3.63) is 28.8 Å². The number of alkyl halides is 3. The first kappa shape index (κ1) is 9.45. The number of hydrogen-bond donors (Lipinski definition) is 0. The van der Waals surface area contributed by atoms with Crippen LogP contribution in [0.2, 0.25) is 0 Å². The highest BCUT2D eigenvalue weighted by Crippen LogP contribution is 2.32. The third kappa shape index (κ3) is 1.59. The summed E-state index contributed by atoms with van der Waals surface area (Å²) in [6, 6.07) is 3.60. The second kappa shape index (κ2) is 2.95. The fourth-order valence-electron chi connectivity index (χ4n) is 1.22. The second-order valence-electron chi connectivity index (χ2n) is 2.91. The summed E-state index contributed by atoms with van der Waals surface area (Å²) in [6.45, 7) is 1.78. The summed E-state index contributed by atoms with van der Waals surface area (Å²) in [5, 5.41) is 0.777. The van der Waals surface area contributed by atoms with E-state index in [1.54, 1.807) is 6.92 Å². The Morgan fingerprint density at radius 2 is 2.00 bits per heavy atom. The van der Waals surface area contributed by atoms with Gasteiger partial charge in [0.1, 0.15) is 0 Å². The lowest BCUT2D eigenvalue weighted by Gasteiger charge is -2.04. The van der Waals surface area contributed by atoms with Crippen LogP contribution in [-0.2, 0) is 6.18 Å². The van der Waals surface area contributed by atoms with Crippen LogP contribution in [0.1, 0.15) is 10.6 Å². The maximum Gasteiger partial charge on any atom is 0.416 e. The molecule has 0 aliphatic rings. The molecule has 0 amide bonds. The number of fused-ring (bicyclic) bond motifs is 1. The van der Waals surface area contributed by atoms with Gasteiger partial charge in [0.25, 0.3) is 0 Å². The number of nitrogens with zero attached hydrogens (tertiary/aromatic N) is 1. The maximum absolute atomic E-state index is 12.3. The Morgan fingerprint density at radius 1 is 1.29 bits per heavy atom. The lowest BCUT2D eigenvalue weighted by molar-refractivity contribution is -0.137. The average Bonchev–Trinajstić information content (AvgIpc) is 2.41. The van der Waals surface area contributed by atoms with Crippen molar-refractivity contribution < 1.29 is 13.2 Å². The molecular formula is C9H6F3NS. The number of benzene rings is 1. The van der Waals surface area contributed by atoms with E-state index in [1.165, 1.54) is 17.4 Å². The summed E-state index contributed by atoms with van der Waals surface area (Å²) in [7, 11) is 0. The molecule has 1 aromatic heterocycles. The Balaban J connectivity index is 2.62. The first-order valence-electron chi connectivity index (χ1n) is 3.91. The lowest BCUT2D eigenvalue weighted by atomic mass is 10.2. The Morgan fingerprint density at radius 3 is 2.64 bits per heavy atom. The second-order valence-corrected chi connectivity index (χ2v) is 4.15. The van der Waals surface area contributed by atoms with Gasteiger partial charge in [-0.15, -0.1) is 11.3 Å². The third-order valence-electron chi connectivity index (χ3n) is 1.82. The van der Waals surface area contributed by atoms with Crippen LogP contribution >= 0.6 is 11.3 Å². The zero-order chi connectivity index (χ0) is 10.3. The number of rotatable bonds is 0. The van der Waals surface area contributed by atoms with Crippen molar-refractivity contribution in [3.8, 4) is 0 Å². The van der Waals surface area contributed by atoms with E-state index in [1.807, 2.05) is 0 Å². The van der Waals surface area contributed by atoms with Gasteiger partial charge in [0.05, 0.1) is 20.8 Å². The summed E-state index contributed by atoms with van der Waals surface area (Å²) in [5.41, 5.74) is 0.00847. The van der Waals surface area contributed by atoms with Gasteiger partial charge in [0, 0.05) is 0 Å². The topological polar surface area (TPSA) is 12.9 Å². The first-order chi connectivity index (χ1) is 6.47. The monoisotopic (exact) mass is 217 g/mol. The van der Waals surface area contributed by atoms with Crippen LogP contribution in [-0.4, -0.2) is 4.98 Å². The normalized spacial score (nSPS) is 12.3. The van der Waals surface area contributed by atoms with Gasteiger partial charge in [-0.05, 0) is 25.1 Å². The van der Waals surface area contributed by atoms with Gasteiger partial charge in [-0.2, -0.15) is 13.2 Å². The van der Waals surface area contributed by atoms with Crippen molar-refractivity contribution in [2.75, 3.05) is 0 Å². The van der Waals surface area contributed by atoms with Crippen molar-refractivity contribution in [2.45, 2.75) is 13.1 Å². The van der Waals surface area contributed by atoms with Crippen molar-refractivity contribution in [3.63, 3.8) is 0 Å². The van der Waals surface area contributed by atoms with Crippen LogP contribution in [0.15, 0.2) is 18.2 Å². The van der Waals surface area contributed by atoms with Gasteiger partial charge in [-0.25, -0.2) is 4.98 Å². The fourth-order valence-corrected chi connectivity index (χ4v) is 2.08. The molecule has 5 heteroatoms. The molecule has 0 aliphatic carbocycles. The Hall–Kier alpha value is -1.10. The number of thiazole rings is 1. The summed E-state index contributed by atoms with van der Waals surface area (Å²) in [6.07, 6.45) is -4.27. The minimum atomic E-state index is -4.27. The van der Waals surface area contributed by atoms with Crippen LogP contribution in [0.3, 0.4) is 0 Å². The Labute approximate surface area is 82.2 Å². The van der Waals surface area contributed by atoms with Crippen molar-refractivity contribution in [2.24, 2.45) is 0 Å². The van der Waals surface area contributed by atoms with E-state index in [0.717, 1.165) is 17.1 Å². The number of aromatic nitrogens is 1. The fraction of sp³-hybridized carbons (Fsp3) is 0.222. The highest BCUT2D eigenvalue weighted by molar-refractivity contribution is 7.18. The Kier molecular flexibility index (Phi) is 1.99. The maximum atomic E-state index is 12.3. The molecule has 0 unspecified atom stereocenters. The molecule has 0 saturated carbocycles.